The Kier molecular flexibility index (Phi) is 6.94. The summed E-state index contributed by atoms with van der Waals surface area (Å²) in [5.74, 6) is -1.89. The Morgan fingerprint density at radius 1 is 1.20 bits per heavy atom. The second-order valence-electron chi connectivity index (χ2n) is 7.70. The van der Waals surface area contributed by atoms with Crippen LogP contribution in [0.15, 0.2) is 16.9 Å². The topological polar surface area (TPSA) is 61.4 Å². The fourth-order valence-corrected chi connectivity index (χ4v) is 5.72. The normalized spacial score (nSPS) is 18.6. The summed E-state index contributed by atoms with van der Waals surface area (Å²) in [7, 11) is 0. The second-order valence-corrected chi connectivity index (χ2v) is 9.42. The smallest absolute Gasteiger partial charge is 0.264 e. The van der Waals surface area contributed by atoms with Gasteiger partial charge in [0.1, 0.15) is 21.1 Å². The maximum absolute atomic E-state index is 13.7. The molecule has 0 bridgehead atoms. The molecule has 2 aromatic rings. The molecule has 0 spiro atoms. The minimum Gasteiger partial charge on any atom is -0.348 e. The molecular weight excluding hydrogens is 476 g/mol. The van der Waals surface area contributed by atoms with Crippen LogP contribution in [0.3, 0.4) is 0 Å². The van der Waals surface area contributed by atoms with Crippen molar-refractivity contribution in [1.29, 1.82) is 0 Å². The number of amides is 1. The van der Waals surface area contributed by atoms with Crippen molar-refractivity contribution < 1.29 is 13.6 Å². The Bertz CT molecular complexity index is 897. The molecule has 1 N–H and O–H groups in total. The lowest BCUT2D eigenvalue weighted by Crippen LogP contribution is -2.46. The van der Waals surface area contributed by atoms with Crippen LogP contribution in [0.25, 0.3) is 0 Å². The van der Waals surface area contributed by atoms with Crippen LogP contribution < -0.4 is 10.2 Å². The van der Waals surface area contributed by atoms with Crippen molar-refractivity contribution in [2.45, 2.75) is 44.7 Å². The van der Waals surface area contributed by atoms with Crippen molar-refractivity contribution in [3.8, 4) is 0 Å². The fraction of sp³-hybridized carbons (Fsp3) is 0.550. The van der Waals surface area contributed by atoms with E-state index in [1.165, 1.54) is 43.7 Å². The molecule has 0 aromatic carbocycles. The van der Waals surface area contributed by atoms with Gasteiger partial charge in [0.25, 0.3) is 5.91 Å². The monoisotopic (exact) mass is 499 g/mol. The van der Waals surface area contributed by atoms with Gasteiger partial charge in [0, 0.05) is 25.2 Å². The number of hydrogen-bond donors (Lipinski definition) is 1. The number of hydrogen-bond acceptors (Lipinski definition) is 6. The van der Waals surface area contributed by atoms with Gasteiger partial charge in [-0.2, -0.15) is 0 Å². The molecule has 4 heterocycles. The van der Waals surface area contributed by atoms with Crippen molar-refractivity contribution in [2.24, 2.45) is 0 Å². The standard InChI is InChI=1S/C20H24BrF2N5OS/c21-18-17(19(29)25-12-16-15(23)10-13(22)11-24-16)30-20(26-18)28-8-4-14(5-9-28)27-6-2-1-3-7-27/h10-11,14H,1-9,12H2,(H,25,29). The highest BCUT2D eigenvalue weighted by atomic mass is 79.9. The van der Waals surface area contributed by atoms with Crippen LogP contribution >= 0.6 is 27.3 Å². The summed E-state index contributed by atoms with van der Waals surface area (Å²) < 4.78 is 27.2. The Morgan fingerprint density at radius 2 is 1.93 bits per heavy atom. The largest absolute Gasteiger partial charge is 0.348 e. The van der Waals surface area contributed by atoms with Gasteiger partial charge < -0.3 is 15.1 Å². The Balaban J connectivity index is 1.34. The van der Waals surface area contributed by atoms with Crippen LogP contribution in [0.2, 0.25) is 0 Å². The number of carbonyl (C=O) groups is 1. The molecule has 6 nitrogen and oxygen atoms in total. The number of piperidine rings is 2. The third kappa shape index (κ3) is 4.97. The lowest BCUT2D eigenvalue weighted by atomic mass is 10.0. The zero-order valence-electron chi connectivity index (χ0n) is 16.5. The molecule has 2 fully saturated rings. The summed E-state index contributed by atoms with van der Waals surface area (Å²) in [5, 5.41) is 3.45. The predicted molar refractivity (Wildman–Crippen MR) is 116 cm³/mol. The van der Waals surface area contributed by atoms with Crippen molar-refractivity contribution in [2.75, 3.05) is 31.1 Å². The van der Waals surface area contributed by atoms with E-state index in [1.54, 1.807) is 0 Å². The molecule has 30 heavy (non-hydrogen) atoms. The number of aromatic nitrogens is 2. The number of nitrogens with one attached hydrogen (secondary N) is 1. The van der Waals surface area contributed by atoms with Gasteiger partial charge in [-0.05, 0) is 54.7 Å². The van der Waals surface area contributed by atoms with Gasteiger partial charge in [-0.1, -0.05) is 17.8 Å². The lowest BCUT2D eigenvalue weighted by Gasteiger charge is -2.40. The summed E-state index contributed by atoms with van der Waals surface area (Å²) in [6, 6.07) is 1.40. The SMILES string of the molecule is O=C(NCc1ncc(F)cc1F)c1sc(N2CCC(N3CCCCC3)CC2)nc1Br. The summed E-state index contributed by atoms with van der Waals surface area (Å²) >= 11 is 4.69. The predicted octanol–water partition coefficient (Wildman–Crippen LogP) is 3.96. The maximum Gasteiger partial charge on any atom is 0.264 e. The van der Waals surface area contributed by atoms with Gasteiger partial charge in [-0.3, -0.25) is 9.78 Å². The highest BCUT2D eigenvalue weighted by Crippen LogP contribution is 2.32. The second kappa shape index (κ2) is 9.65. The Morgan fingerprint density at radius 3 is 2.63 bits per heavy atom. The number of carbonyl (C=O) groups excluding carboxylic acids is 1. The molecule has 1 amide bonds. The van der Waals surface area contributed by atoms with E-state index in [9.17, 15) is 13.6 Å². The van der Waals surface area contributed by atoms with Crippen molar-refractivity contribution in [1.82, 2.24) is 20.2 Å². The number of anilines is 1. The Labute approximate surface area is 186 Å². The molecular formula is C20H24BrF2N5OS. The van der Waals surface area contributed by atoms with Gasteiger partial charge >= 0.3 is 0 Å². The highest BCUT2D eigenvalue weighted by molar-refractivity contribution is 9.10. The molecule has 10 heteroatoms. The number of rotatable bonds is 5. The molecule has 0 unspecified atom stereocenters. The van der Waals surface area contributed by atoms with Crippen LogP contribution in [0.4, 0.5) is 13.9 Å². The van der Waals surface area contributed by atoms with Crippen LogP contribution in [0.1, 0.15) is 47.5 Å². The van der Waals surface area contributed by atoms with Gasteiger partial charge in [0.2, 0.25) is 0 Å². The Hall–Kier alpha value is -1.65. The molecule has 2 aromatic heterocycles. The van der Waals surface area contributed by atoms with Crippen LogP contribution in [0, 0.1) is 11.6 Å². The third-order valence-corrected chi connectivity index (χ3v) is 7.67. The number of likely N-dealkylation sites (tertiary alicyclic amines) is 1. The lowest BCUT2D eigenvalue weighted by molar-refractivity contribution is 0.0953. The first-order chi connectivity index (χ1) is 14.5. The van der Waals surface area contributed by atoms with E-state index >= 15 is 0 Å². The maximum atomic E-state index is 13.7. The van der Waals surface area contributed by atoms with E-state index in [4.69, 9.17) is 0 Å². The molecule has 2 aliphatic heterocycles. The molecule has 0 radical (unpaired) electrons. The average Bonchev–Trinajstić information content (AvgIpc) is 3.15. The molecule has 4 rings (SSSR count). The van der Waals surface area contributed by atoms with Crippen molar-refractivity contribution in [3.05, 3.63) is 39.1 Å². The van der Waals surface area contributed by atoms with Gasteiger partial charge in [0.15, 0.2) is 5.13 Å². The van der Waals surface area contributed by atoms with Crippen LogP contribution in [-0.4, -0.2) is 53.0 Å². The molecule has 2 saturated heterocycles. The molecule has 0 aliphatic carbocycles. The van der Waals surface area contributed by atoms with E-state index in [0.29, 0.717) is 15.5 Å². The van der Waals surface area contributed by atoms with E-state index in [2.05, 4.69) is 41.0 Å². The molecule has 0 saturated carbocycles. The van der Waals surface area contributed by atoms with Crippen molar-refractivity contribution >= 4 is 38.3 Å². The summed E-state index contributed by atoms with van der Waals surface area (Å²) in [5.41, 5.74) is -0.00889. The van der Waals surface area contributed by atoms with E-state index < -0.39 is 11.6 Å². The van der Waals surface area contributed by atoms with Crippen LogP contribution in [-0.2, 0) is 6.54 Å². The fourth-order valence-electron chi connectivity index (χ4n) is 4.09. The minimum atomic E-state index is -0.782. The van der Waals surface area contributed by atoms with E-state index in [-0.39, 0.29) is 18.1 Å². The zero-order valence-corrected chi connectivity index (χ0v) is 18.9. The molecule has 0 atom stereocenters. The first-order valence-corrected chi connectivity index (χ1v) is 11.9. The number of halogens is 3. The number of nitrogens with zero attached hydrogens (tertiary/aromatic N) is 4. The quantitative estimate of drug-likeness (QED) is 0.674. The van der Waals surface area contributed by atoms with E-state index in [1.807, 2.05) is 0 Å². The van der Waals surface area contributed by atoms with Gasteiger partial charge in [-0.25, -0.2) is 13.8 Å². The van der Waals surface area contributed by atoms with Crippen molar-refractivity contribution in [3.63, 3.8) is 0 Å². The van der Waals surface area contributed by atoms with E-state index in [0.717, 1.165) is 43.3 Å². The minimum absolute atomic E-state index is 0.00889. The molecule has 2 aliphatic rings. The average molecular weight is 500 g/mol. The molecule has 162 valence electrons. The highest BCUT2D eigenvalue weighted by Gasteiger charge is 2.28. The van der Waals surface area contributed by atoms with Gasteiger partial charge in [-0.15, -0.1) is 0 Å². The van der Waals surface area contributed by atoms with Gasteiger partial charge in [0.05, 0.1) is 18.4 Å². The number of thiazole rings is 1. The van der Waals surface area contributed by atoms with Crippen LogP contribution in [0.5, 0.6) is 0 Å². The third-order valence-electron chi connectivity index (χ3n) is 5.72. The summed E-state index contributed by atoms with van der Waals surface area (Å²) in [6.07, 6.45) is 7.09. The summed E-state index contributed by atoms with van der Waals surface area (Å²) in [6.45, 7) is 4.15. The summed E-state index contributed by atoms with van der Waals surface area (Å²) in [4.78, 5) is 26.1. The number of pyridine rings is 1. The first-order valence-electron chi connectivity index (χ1n) is 10.2. The zero-order chi connectivity index (χ0) is 21.1. The first kappa shape index (κ1) is 21.6.